The van der Waals surface area contributed by atoms with Crippen LogP contribution in [0, 0.1) is 0 Å². The van der Waals surface area contributed by atoms with Crippen molar-refractivity contribution in [1.29, 1.82) is 0 Å². The van der Waals surface area contributed by atoms with Crippen molar-refractivity contribution >= 4 is 16.9 Å². The third-order valence-electron chi connectivity index (χ3n) is 8.53. The number of aliphatic hydroxyl groups is 1. The van der Waals surface area contributed by atoms with E-state index in [2.05, 4.69) is 51.3 Å². The molecular weight excluding hydrogens is 574 g/mol. The first-order valence-electron chi connectivity index (χ1n) is 15.6. The van der Waals surface area contributed by atoms with Crippen LogP contribution < -0.4 is 5.32 Å². The third-order valence-corrected chi connectivity index (χ3v) is 8.53. The number of aliphatic hydroxyl groups excluding tert-OH is 1. The smallest absolute Gasteiger partial charge is 0.251 e. The van der Waals surface area contributed by atoms with Gasteiger partial charge < -0.3 is 24.5 Å². The molecule has 2 heterocycles. The zero-order valence-corrected chi connectivity index (χ0v) is 25.3. The van der Waals surface area contributed by atoms with Crippen LogP contribution in [0.5, 0.6) is 0 Å². The third kappa shape index (κ3) is 6.48. The largest absolute Gasteiger partial charge is 0.392 e. The van der Waals surface area contributed by atoms with Crippen LogP contribution in [-0.2, 0) is 29.2 Å². The fraction of sp³-hybridized carbons (Fsp3) is 0.179. The summed E-state index contributed by atoms with van der Waals surface area (Å²) >= 11 is 0. The monoisotopic (exact) mass is 609 g/mol. The molecule has 1 aliphatic rings. The number of rotatable bonds is 9. The van der Waals surface area contributed by atoms with Gasteiger partial charge in [0, 0.05) is 24.1 Å². The summed E-state index contributed by atoms with van der Waals surface area (Å²) in [6.45, 7) is 1.07. The number of ether oxygens (including phenoxy) is 2. The highest BCUT2D eigenvalue weighted by Crippen LogP contribution is 2.39. The summed E-state index contributed by atoms with van der Waals surface area (Å²) in [5, 5.41) is 12.6. The maximum Gasteiger partial charge on any atom is 0.251 e. The van der Waals surface area contributed by atoms with E-state index in [0.29, 0.717) is 25.1 Å². The van der Waals surface area contributed by atoms with E-state index in [0.717, 1.165) is 44.4 Å². The molecule has 1 aliphatic heterocycles. The van der Waals surface area contributed by atoms with E-state index < -0.39 is 6.29 Å². The highest BCUT2D eigenvalue weighted by Gasteiger charge is 2.32. The van der Waals surface area contributed by atoms with Gasteiger partial charge in [-0.1, -0.05) is 103 Å². The van der Waals surface area contributed by atoms with Crippen LogP contribution in [0.25, 0.3) is 22.2 Å². The number of aromatic nitrogens is 2. The van der Waals surface area contributed by atoms with Crippen LogP contribution in [0.4, 0.5) is 0 Å². The molecule has 1 amide bonds. The Morgan fingerprint density at radius 3 is 2.33 bits per heavy atom. The van der Waals surface area contributed by atoms with Gasteiger partial charge in [-0.3, -0.25) is 4.79 Å². The van der Waals surface area contributed by atoms with Crippen LogP contribution in [0.1, 0.15) is 51.4 Å². The number of para-hydroxylation sites is 2. The number of carbonyl (C=O) groups excluding carboxylic acids is 1. The van der Waals surface area contributed by atoms with E-state index >= 15 is 0 Å². The zero-order chi connectivity index (χ0) is 31.3. The molecule has 0 radical (unpaired) electrons. The number of hydrogen-bond acceptors (Lipinski definition) is 5. The van der Waals surface area contributed by atoms with E-state index in [1.54, 1.807) is 0 Å². The van der Waals surface area contributed by atoms with Crippen LogP contribution in [0.2, 0.25) is 0 Å². The molecule has 1 aromatic heterocycles. The summed E-state index contributed by atoms with van der Waals surface area (Å²) < 4.78 is 15.3. The van der Waals surface area contributed by atoms with Crippen molar-refractivity contribution in [1.82, 2.24) is 14.9 Å². The van der Waals surface area contributed by atoms with Crippen molar-refractivity contribution in [3.63, 3.8) is 0 Å². The summed E-state index contributed by atoms with van der Waals surface area (Å²) in [4.78, 5) is 17.3. The average molecular weight is 610 g/mol. The molecule has 7 nitrogen and oxygen atoms in total. The molecule has 230 valence electrons. The second-order valence-electron chi connectivity index (χ2n) is 11.6. The molecule has 0 aliphatic carbocycles. The van der Waals surface area contributed by atoms with Gasteiger partial charge in [0.2, 0.25) is 0 Å². The van der Waals surface area contributed by atoms with Crippen LogP contribution in [0.3, 0.4) is 0 Å². The Hall–Kier alpha value is -5.08. The molecule has 1 fully saturated rings. The van der Waals surface area contributed by atoms with Crippen LogP contribution >= 0.6 is 0 Å². The Morgan fingerprint density at radius 2 is 1.52 bits per heavy atom. The van der Waals surface area contributed by atoms with Gasteiger partial charge in [-0.25, -0.2) is 4.98 Å². The van der Waals surface area contributed by atoms with E-state index in [1.807, 2.05) is 97.3 Å². The SMILES string of the molecule is O=C(NCc1ccccc1-c1ccc(C2OC(Cn3cnc4ccccc43)CC(c3ccc(CO)cc3)O2)cc1)c1ccccc1. The fourth-order valence-corrected chi connectivity index (χ4v) is 6.05. The molecule has 7 rings (SSSR count). The molecule has 3 atom stereocenters. The summed E-state index contributed by atoms with van der Waals surface area (Å²) in [6, 6.07) is 41.7. The normalized spacial score (nSPS) is 18.0. The number of hydrogen-bond donors (Lipinski definition) is 2. The minimum atomic E-state index is -0.564. The number of fused-ring (bicyclic) bond motifs is 1. The summed E-state index contributed by atoms with van der Waals surface area (Å²) in [6.07, 6.45) is 1.69. The second-order valence-corrected chi connectivity index (χ2v) is 11.6. The van der Waals surface area contributed by atoms with Crippen molar-refractivity contribution < 1.29 is 19.4 Å². The Labute approximate surface area is 268 Å². The average Bonchev–Trinajstić information content (AvgIpc) is 3.53. The number of imidazole rings is 1. The topological polar surface area (TPSA) is 85.6 Å². The van der Waals surface area contributed by atoms with Gasteiger partial charge in [-0.05, 0) is 52.1 Å². The number of benzene rings is 5. The molecule has 2 N–H and O–H groups in total. The fourth-order valence-electron chi connectivity index (χ4n) is 6.05. The van der Waals surface area contributed by atoms with E-state index in [1.165, 1.54) is 0 Å². The van der Waals surface area contributed by atoms with Crippen molar-refractivity contribution in [3.05, 3.63) is 162 Å². The first kappa shape index (κ1) is 29.6. The summed E-state index contributed by atoms with van der Waals surface area (Å²) in [5.74, 6) is -0.101. The lowest BCUT2D eigenvalue weighted by molar-refractivity contribution is -0.252. The van der Waals surface area contributed by atoms with Gasteiger partial charge >= 0.3 is 0 Å². The molecule has 0 saturated carbocycles. The van der Waals surface area contributed by atoms with Gasteiger partial charge in [0.1, 0.15) is 0 Å². The molecule has 1 saturated heterocycles. The number of nitrogens with one attached hydrogen (secondary N) is 1. The maximum atomic E-state index is 12.7. The predicted octanol–water partition coefficient (Wildman–Crippen LogP) is 7.37. The highest BCUT2D eigenvalue weighted by molar-refractivity contribution is 5.94. The molecule has 5 aromatic carbocycles. The van der Waals surface area contributed by atoms with Crippen molar-refractivity contribution in [2.75, 3.05) is 0 Å². The van der Waals surface area contributed by atoms with Gasteiger partial charge in [0.05, 0.1) is 42.7 Å². The zero-order valence-electron chi connectivity index (χ0n) is 25.3. The summed E-state index contributed by atoms with van der Waals surface area (Å²) in [5.41, 5.74) is 8.64. The lowest BCUT2D eigenvalue weighted by atomic mass is 9.97. The molecule has 0 bridgehead atoms. The van der Waals surface area contributed by atoms with E-state index in [4.69, 9.17) is 9.47 Å². The number of nitrogens with zero attached hydrogens (tertiary/aromatic N) is 2. The molecular formula is C39H35N3O4. The van der Waals surface area contributed by atoms with Gasteiger partial charge in [-0.2, -0.15) is 0 Å². The Balaban J connectivity index is 1.12. The Bertz CT molecular complexity index is 1920. The molecule has 6 aromatic rings. The Morgan fingerprint density at radius 1 is 0.804 bits per heavy atom. The minimum Gasteiger partial charge on any atom is -0.392 e. The Kier molecular flexibility index (Phi) is 8.69. The standard InChI is InChI=1S/C39H35N3O4/c43-25-27-14-16-29(17-15-27)37-22-33(24-42-26-41-35-12-6-7-13-36(35)42)45-39(46-37)31-20-18-28(19-21-31)34-11-5-4-10-32(34)23-40-38(44)30-8-2-1-3-9-30/h1-21,26,33,37,39,43H,22-25H2,(H,40,44). The van der Waals surface area contributed by atoms with E-state index in [-0.39, 0.29) is 24.7 Å². The molecule has 7 heteroatoms. The quantitative estimate of drug-likeness (QED) is 0.179. The predicted molar refractivity (Wildman–Crippen MR) is 178 cm³/mol. The van der Waals surface area contributed by atoms with Crippen molar-refractivity contribution in [3.8, 4) is 11.1 Å². The van der Waals surface area contributed by atoms with Gasteiger partial charge in [-0.15, -0.1) is 0 Å². The molecule has 46 heavy (non-hydrogen) atoms. The van der Waals surface area contributed by atoms with Crippen LogP contribution in [-0.4, -0.2) is 26.7 Å². The molecule has 3 unspecified atom stereocenters. The van der Waals surface area contributed by atoms with Gasteiger partial charge in [0.15, 0.2) is 6.29 Å². The van der Waals surface area contributed by atoms with Crippen molar-refractivity contribution in [2.45, 2.75) is 44.6 Å². The van der Waals surface area contributed by atoms with Crippen molar-refractivity contribution in [2.24, 2.45) is 0 Å². The maximum absolute atomic E-state index is 12.7. The second kappa shape index (κ2) is 13.5. The molecule has 0 spiro atoms. The lowest BCUT2D eigenvalue weighted by Gasteiger charge is -2.36. The van der Waals surface area contributed by atoms with E-state index in [9.17, 15) is 9.90 Å². The number of amides is 1. The first-order valence-corrected chi connectivity index (χ1v) is 15.6. The van der Waals surface area contributed by atoms with Crippen LogP contribution in [0.15, 0.2) is 134 Å². The number of carbonyl (C=O) groups is 1. The van der Waals surface area contributed by atoms with Gasteiger partial charge in [0.25, 0.3) is 5.91 Å². The first-order chi connectivity index (χ1) is 22.6. The lowest BCUT2D eigenvalue weighted by Crippen LogP contribution is -2.32. The summed E-state index contributed by atoms with van der Waals surface area (Å²) in [7, 11) is 0. The minimum absolute atomic E-state index is 0.00272. The highest BCUT2D eigenvalue weighted by atomic mass is 16.7.